The minimum absolute atomic E-state index is 0.101. The van der Waals surface area contributed by atoms with Gasteiger partial charge in [-0.05, 0) is 42.8 Å². The number of rotatable bonds is 4. The standard InChI is InChI=1S/C21H20F3N5O/c1-29-20(26-11-27-29)13-2-4-15(17(23)9-13)21(30)28-19-10-25-7-6-14(19)12-3-5-16(22)18(24)8-12/h2-5,8-9,11,14,19,25H,6-7,10H2,1H3,(H,28,30)/t14-,19+/m0/s1. The summed E-state index contributed by atoms with van der Waals surface area (Å²) in [4.78, 5) is 16.8. The average molecular weight is 415 g/mol. The maximum absolute atomic E-state index is 14.7. The van der Waals surface area contributed by atoms with Crippen molar-refractivity contribution in [2.75, 3.05) is 13.1 Å². The molecule has 1 aliphatic rings. The Labute approximate surface area is 171 Å². The van der Waals surface area contributed by atoms with E-state index in [9.17, 15) is 18.0 Å². The number of hydrogen-bond acceptors (Lipinski definition) is 4. The number of amides is 1. The van der Waals surface area contributed by atoms with Gasteiger partial charge in [-0.1, -0.05) is 12.1 Å². The smallest absolute Gasteiger partial charge is 0.254 e. The molecule has 0 unspecified atom stereocenters. The van der Waals surface area contributed by atoms with Crippen molar-refractivity contribution >= 4 is 5.91 Å². The molecule has 156 valence electrons. The van der Waals surface area contributed by atoms with Crippen LogP contribution in [0, 0.1) is 17.5 Å². The quantitative estimate of drug-likeness (QED) is 0.688. The third kappa shape index (κ3) is 3.93. The lowest BCUT2D eigenvalue weighted by molar-refractivity contribution is 0.0920. The highest BCUT2D eigenvalue weighted by atomic mass is 19.2. The molecule has 30 heavy (non-hydrogen) atoms. The van der Waals surface area contributed by atoms with Gasteiger partial charge in [0.2, 0.25) is 0 Å². The number of benzene rings is 2. The lowest BCUT2D eigenvalue weighted by Gasteiger charge is -2.33. The van der Waals surface area contributed by atoms with Crippen molar-refractivity contribution in [1.29, 1.82) is 0 Å². The first kappa shape index (κ1) is 20.1. The first-order valence-corrected chi connectivity index (χ1v) is 9.54. The van der Waals surface area contributed by atoms with E-state index in [0.29, 0.717) is 36.5 Å². The second-order valence-corrected chi connectivity index (χ2v) is 7.25. The van der Waals surface area contributed by atoms with Gasteiger partial charge in [0.1, 0.15) is 12.1 Å². The van der Waals surface area contributed by atoms with Crippen LogP contribution < -0.4 is 10.6 Å². The number of hydrogen-bond donors (Lipinski definition) is 2. The normalized spacial score (nSPS) is 18.9. The van der Waals surface area contributed by atoms with Gasteiger partial charge in [0.25, 0.3) is 5.91 Å². The van der Waals surface area contributed by atoms with Crippen LogP contribution in [0.2, 0.25) is 0 Å². The first-order chi connectivity index (χ1) is 14.4. The fourth-order valence-electron chi connectivity index (χ4n) is 3.79. The van der Waals surface area contributed by atoms with Gasteiger partial charge >= 0.3 is 0 Å². The molecule has 2 aromatic carbocycles. The van der Waals surface area contributed by atoms with E-state index in [-0.39, 0.29) is 11.5 Å². The van der Waals surface area contributed by atoms with Crippen LogP contribution in [-0.4, -0.2) is 39.8 Å². The molecule has 0 saturated carbocycles. The number of carbonyl (C=O) groups is 1. The molecule has 1 amide bonds. The highest BCUT2D eigenvalue weighted by molar-refractivity contribution is 5.95. The molecule has 0 aliphatic carbocycles. The predicted octanol–water partition coefficient (Wildman–Crippen LogP) is 2.77. The van der Waals surface area contributed by atoms with E-state index < -0.39 is 29.4 Å². The fraction of sp³-hybridized carbons (Fsp3) is 0.286. The summed E-state index contributed by atoms with van der Waals surface area (Å²) in [6.07, 6.45) is 1.99. The molecule has 0 radical (unpaired) electrons. The van der Waals surface area contributed by atoms with Crippen LogP contribution in [0.25, 0.3) is 11.4 Å². The Kier molecular flexibility index (Phi) is 5.54. The van der Waals surface area contributed by atoms with E-state index in [0.717, 1.165) is 12.1 Å². The van der Waals surface area contributed by atoms with Gasteiger partial charge in [0.15, 0.2) is 17.5 Å². The molecule has 1 fully saturated rings. The zero-order chi connectivity index (χ0) is 21.3. The summed E-state index contributed by atoms with van der Waals surface area (Å²) in [6, 6.07) is 7.60. The number of piperidine rings is 1. The Hall–Kier alpha value is -3.20. The van der Waals surface area contributed by atoms with Crippen LogP contribution in [0.1, 0.15) is 28.3 Å². The van der Waals surface area contributed by atoms with Crippen molar-refractivity contribution in [3.8, 4) is 11.4 Å². The summed E-state index contributed by atoms with van der Waals surface area (Å²) in [5, 5.41) is 9.96. The Morgan fingerprint density at radius 3 is 2.67 bits per heavy atom. The molecular weight excluding hydrogens is 395 g/mol. The fourth-order valence-corrected chi connectivity index (χ4v) is 3.79. The Balaban J connectivity index is 1.54. The molecule has 0 bridgehead atoms. The SMILES string of the molecule is Cn1ncnc1-c1ccc(C(=O)N[C@@H]2CNCC[C@H]2c2ccc(F)c(F)c2)c(F)c1. The number of nitrogens with zero attached hydrogens (tertiary/aromatic N) is 3. The van der Waals surface area contributed by atoms with E-state index in [4.69, 9.17) is 0 Å². The molecule has 0 spiro atoms. The molecule has 4 rings (SSSR count). The summed E-state index contributed by atoms with van der Waals surface area (Å²) in [7, 11) is 1.69. The van der Waals surface area contributed by atoms with Crippen LogP contribution in [-0.2, 0) is 7.05 Å². The lowest BCUT2D eigenvalue weighted by atomic mass is 9.85. The van der Waals surface area contributed by atoms with Crippen LogP contribution in [0.3, 0.4) is 0 Å². The van der Waals surface area contributed by atoms with E-state index in [1.165, 1.54) is 29.2 Å². The second-order valence-electron chi connectivity index (χ2n) is 7.25. The summed E-state index contributed by atoms with van der Waals surface area (Å²) in [5.41, 5.74) is 0.998. The van der Waals surface area contributed by atoms with Crippen molar-refractivity contribution < 1.29 is 18.0 Å². The predicted molar refractivity (Wildman–Crippen MR) is 104 cm³/mol. The van der Waals surface area contributed by atoms with Crippen molar-refractivity contribution in [3.05, 3.63) is 71.3 Å². The highest BCUT2D eigenvalue weighted by Crippen LogP contribution is 2.27. The van der Waals surface area contributed by atoms with Crippen LogP contribution in [0.5, 0.6) is 0 Å². The minimum Gasteiger partial charge on any atom is -0.347 e. The zero-order valence-corrected chi connectivity index (χ0v) is 16.2. The molecule has 2 N–H and O–H groups in total. The van der Waals surface area contributed by atoms with Crippen LogP contribution >= 0.6 is 0 Å². The largest absolute Gasteiger partial charge is 0.347 e. The molecule has 1 aliphatic heterocycles. The average Bonchev–Trinajstić information content (AvgIpc) is 3.16. The number of halogens is 3. The van der Waals surface area contributed by atoms with Crippen LogP contribution in [0.4, 0.5) is 13.2 Å². The van der Waals surface area contributed by atoms with E-state index in [1.54, 1.807) is 13.1 Å². The number of aromatic nitrogens is 3. The lowest BCUT2D eigenvalue weighted by Crippen LogP contribution is -2.50. The number of aryl methyl sites for hydroxylation is 1. The Bertz CT molecular complexity index is 1080. The van der Waals surface area contributed by atoms with E-state index in [2.05, 4.69) is 20.7 Å². The molecule has 1 saturated heterocycles. The maximum Gasteiger partial charge on any atom is 0.254 e. The van der Waals surface area contributed by atoms with Gasteiger partial charge in [-0.3, -0.25) is 4.79 Å². The van der Waals surface area contributed by atoms with Crippen molar-refractivity contribution in [2.45, 2.75) is 18.4 Å². The Morgan fingerprint density at radius 1 is 1.13 bits per heavy atom. The second kappa shape index (κ2) is 8.27. The van der Waals surface area contributed by atoms with Gasteiger partial charge in [-0.2, -0.15) is 5.10 Å². The maximum atomic E-state index is 14.7. The summed E-state index contributed by atoms with van der Waals surface area (Å²) in [5.74, 6) is -2.83. The van der Waals surface area contributed by atoms with Gasteiger partial charge < -0.3 is 10.6 Å². The van der Waals surface area contributed by atoms with E-state index in [1.807, 2.05) is 0 Å². The van der Waals surface area contributed by atoms with Gasteiger partial charge in [0.05, 0.1) is 5.56 Å². The monoisotopic (exact) mass is 415 g/mol. The molecular formula is C21H20F3N5O. The third-order valence-corrected chi connectivity index (χ3v) is 5.35. The molecule has 9 heteroatoms. The van der Waals surface area contributed by atoms with Gasteiger partial charge in [-0.15, -0.1) is 0 Å². The summed E-state index contributed by atoms with van der Waals surface area (Å²) >= 11 is 0. The molecule has 2 atom stereocenters. The molecule has 1 aromatic heterocycles. The topological polar surface area (TPSA) is 71.8 Å². The zero-order valence-electron chi connectivity index (χ0n) is 16.2. The number of nitrogens with one attached hydrogen (secondary N) is 2. The Morgan fingerprint density at radius 2 is 1.97 bits per heavy atom. The summed E-state index contributed by atoms with van der Waals surface area (Å²) < 4.78 is 43.2. The van der Waals surface area contributed by atoms with Gasteiger partial charge in [-0.25, -0.2) is 22.8 Å². The van der Waals surface area contributed by atoms with Crippen molar-refractivity contribution in [1.82, 2.24) is 25.4 Å². The van der Waals surface area contributed by atoms with E-state index >= 15 is 0 Å². The minimum atomic E-state index is -0.929. The first-order valence-electron chi connectivity index (χ1n) is 9.54. The molecule has 6 nitrogen and oxygen atoms in total. The van der Waals surface area contributed by atoms with Crippen molar-refractivity contribution in [2.24, 2.45) is 7.05 Å². The number of carbonyl (C=O) groups excluding carboxylic acids is 1. The third-order valence-electron chi connectivity index (χ3n) is 5.35. The van der Waals surface area contributed by atoms with Crippen molar-refractivity contribution in [3.63, 3.8) is 0 Å². The molecule has 2 heterocycles. The highest BCUT2D eigenvalue weighted by Gasteiger charge is 2.29. The van der Waals surface area contributed by atoms with Crippen LogP contribution in [0.15, 0.2) is 42.7 Å². The van der Waals surface area contributed by atoms with Gasteiger partial charge in [0, 0.05) is 31.1 Å². The molecule has 3 aromatic rings. The summed E-state index contributed by atoms with van der Waals surface area (Å²) in [6.45, 7) is 1.12.